The maximum absolute atomic E-state index is 13.1. The number of carbonyl (C=O) groups is 4. The topological polar surface area (TPSA) is 137 Å². The van der Waals surface area contributed by atoms with Crippen LogP contribution in [0.3, 0.4) is 0 Å². The average molecular weight is 551 g/mol. The number of aliphatic carboxylic acids is 1. The number of nitrogens with one attached hydrogen (secondary N) is 3. The number of amides is 3. The third-order valence-corrected chi connectivity index (χ3v) is 7.01. The first-order valence-corrected chi connectivity index (χ1v) is 13.2. The quantitative estimate of drug-likeness (QED) is 0.337. The maximum Gasteiger partial charge on any atom is 0.414 e. The van der Waals surface area contributed by atoms with Crippen molar-refractivity contribution in [3.8, 4) is 5.06 Å². The first-order chi connectivity index (χ1) is 17.7. The van der Waals surface area contributed by atoms with Crippen LogP contribution in [0.4, 0.5) is 10.5 Å². The van der Waals surface area contributed by atoms with E-state index in [1.165, 1.54) is 11.1 Å². The Hall–Kier alpha value is -3.15. The van der Waals surface area contributed by atoms with Gasteiger partial charge in [0.15, 0.2) is 5.06 Å². The summed E-state index contributed by atoms with van der Waals surface area (Å²) in [7, 11) is 2.08. The number of carboxylic acid groups (broad SMARTS) is 1. The van der Waals surface area contributed by atoms with Crippen LogP contribution in [0.5, 0.6) is 5.06 Å². The molecule has 1 atom stereocenters. The smallest absolute Gasteiger partial charge is 0.414 e. The minimum Gasteiger partial charge on any atom is -0.481 e. The molecule has 2 heterocycles. The number of carboxylic acids is 1. The van der Waals surface area contributed by atoms with Gasteiger partial charge in [0.25, 0.3) is 0 Å². The first kappa shape index (κ1) is 28.4. The molecule has 0 fully saturated rings. The number of anilines is 1. The number of halogens is 1. The first-order valence-electron chi connectivity index (χ1n) is 12.0. The molecule has 1 aromatic heterocycles. The molecule has 1 aromatic carbocycles. The molecule has 0 radical (unpaired) electrons. The molecule has 0 aliphatic carbocycles. The van der Waals surface area contributed by atoms with Crippen LogP contribution in [0.15, 0.2) is 30.3 Å². The molecule has 4 N–H and O–H groups in total. The monoisotopic (exact) mass is 550 g/mol. The number of benzene rings is 1. The van der Waals surface area contributed by atoms with E-state index in [-0.39, 0.29) is 43.2 Å². The van der Waals surface area contributed by atoms with Crippen LogP contribution >= 0.6 is 22.9 Å². The zero-order chi connectivity index (χ0) is 26.8. The summed E-state index contributed by atoms with van der Waals surface area (Å²) in [5.41, 5.74) is 3.05. The molecule has 2 aromatic rings. The zero-order valence-electron chi connectivity index (χ0n) is 20.5. The van der Waals surface area contributed by atoms with Gasteiger partial charge >= 0.3 is 12.1 Å². The Morgan fingerprint density at radius 1 is 1.11 bits per heavy atom. The van der Waals surface area contributed by atoms with Crippen LogP contribution < -0.4 is 20.7 Å². The third-order valence-electron chi connectivity index (χ3n) is 5.90. The van der Waals surface area contributed by atoms with Crippen LogP contribution in [-0.2, 0) is 27.2 Å². The lowest BCUT2D eigenvalue weighted by Gasteiger charge is -2.19. The molecule has 0 saturated heterocycles. The minimum atomic E-state index is -0.993. The van der Waals surface area contributed by atoms with Gasteiger partial charge in [-0.15, -0.1) is 0 Å². The van der Waals surface area contributed by atoms with Crippen molar-refractivity contribution in [1.29, 1.82) is 0 Å². The summed E-state index contributed by atoms with van der Waals surface area (Å²) in [5, 5.41) is 17.1. The summed E-state index contributed by atoms with van der Waals surface area (Å²) < 4.78 is 5.68. The Kier molecular flexibility index (Phi) is 10.7. The standard InChI is InChI=1S/C25H31ClN4O6S/c1-30-13-10-16-5-6-18(15-17(16)11-14-30)28-24(34)19(9-12-27-21(31)3-2-4-22(32)33)29-25(35)36-23-8-7-20(26)37-23/h5-8,15,19H,2-4,9-14H2,1H3,(H,27,31)(H,28,34)(H,29,35)(H,32,33)/t19-/m1/s1. The summed E-state index contributed by atoms with van der Waals surface area (Å²) in [5.74, 6) is -1.75. The summed E-state index contributed by atoms with van der Waals surface area (Å²) in [6.07, 6.45) is 1.27. The van der Waals surface area contributed by atoms with Crippen LogP contribution in [0.25, 0.3) is 0 Å². The summed E-state index contributed by atoms with van der Waals surface area (Å²) in [6, 6.07) is 7.96. The Balaban J connectivity index is 1.61. The molecule has 1 aliphatic heterocycles. The van der Waals surface area contributed by atoms with Gasteiger partial charge in [-0.05, 0) is 68.1 Å². The summed E-state index contributed by atoms with van der Waals surface area (Å²) >= 11 is 6.96. The molecule has 1 aliphatic rings. The Morgan fingerprint density at radius 3 is 2.57 bits per heavy atom. The minimum absolute atomic E-state index is 0.0576. The molecule has 0 unspecified atom stereocenters. The third kappa shape index (κ3) is 9.67. The van der Waals surface area contributed by atoms with E-state index in [9.17, 15) is 19.2 Å². The molecule has 3 amide bonds. The summed E-state index contributed by atoms with van der Waals surface area (Å²) in [4.78, 5) is 50.5. The SMILES string of the molecule is CN1CCc2ccc(NC(=O)[C@@H](CCNC(=O)CCCC(=O)O)NC(=O)Oc3ccc(Cl)s3)cc2CC1. The Labute approximate surface area is 224 Å². The van der Waals surface area contributed by atoms with Crippen molar-refractivity contribution >= 4 is 52.5 Å². The van der Waals surface area contributed by atoms with Gasteiger partial charge in [0.1, 0.15) is 6.04 Å². The second kappa shape index (κ2) is 14.0. The fraction of sp³-hybridized carbons (Fsp3) is 0.440. The van der Waals surface area contributed by atoms with Gasteiger partial charge < -0.3 is 30.7 Å². The molecule has 37 heavy (non-hydrogen) atoms. The van der Waals surface area contributed by atoms with Crippen molar-refractivity contribution in [3.63, 3.8) is 0 Å². The predicted molar refractivity (Wildman–Crippen MR) is 141 cm³/mol. The summed E-state index contributed by atoms with van der Waals surface area (Å²) in [6.45, 7) is 2.01. The number of thiophene rings is 1. The predicted octanol–water partition coefficient (Wildman–Crippen LogP) is 3.29. The van der Waals surface area contributed by atoms with Gasteiger partial charge in [-0.25, -0.2) is 4.79 Å². The Bertz CT molecular complexity index is 1120. The van der Waals surface area contributed by atoms with Gasteiger partial charge in [-0.3, -0.25) is 14.4 Å². The normalized spacial score (nSPS) is 14.1. The molecule has 200 valence electrons. The number of rotatable bonds is 11. The molecule has 10 nitrogen and oxygen atoms in total. The zero-order valence-corrected chi connectivity index (χ0v) is 22.1. The van der Waals surface area contributed by atoms with Gasteiger partial charge in [-0.2, -0.15) is 0 Å². The van der Waals surface area contributed by atoms with Crippen LogP contribution in [0.1, 0.15) is 36.8 Å². The number of hydrogen-bond acceptors (Lipinski definition) is 7. The number of fused-ring (bicyclic) bond motifs is 1. The lowest BCUT2D eigenvalue weighted by molar-refractivity contribution is -0.137. The molecule has 0 spiro atoms. The highest BCUT2D eigenvalue weighted by molar-refractivity contribution is 7.17. The van der Waals surface area contributed by atoms with Gasteiger partial charge in [0, 0.05) is 38.2 Å². The molecule has 0 bridgehead atoms. The van der Waals surface area contributed by atoms with Crippen molar-refractivity contribution in [2.75, 3.05) is 32.0 Å². The second-order valence-electron chi connectivity index (χ2n) is 8.81. The van der Waals surface area contributed by atoms with Gasteiger partial charge in [-0.1, -0.05) is 29.0 Å². The fourth-order valence-electron chi connectivity index (χ4n) is 3.87. The van der Waals surface area contributed by atoms with Crippen molar-refractivity contribution in [3.05, 3.63) is 45.8 Å². The van der Waals surface area contributed by atoms with Crippen molar-refractivity contribution in [2.45, 2.75) is 44.6 Å². The number of ether oxygens (including phenoxy) is 1. The number of carbonyl (C=O) groups excluding carboxylic acids is 3. The van der Waals surface area contributed by atoms with E-state index in [4.69, 9.17) is 21.4 Å². The van der Waals surface area contributed by atoms with E-state index in [1.54, 1.807) is 12.1 Å². The van der Waals surface area contributed by atoms with Crippen LogP contribution in [0.2, 0.25) is 4.34 Å². The van der Waals surface area contributed by atoms with E-state index >= 15 is 0 Å². The van der Waals surface area contributed by atoms with Crippen molar-refractivity contribution < 1.29 is 29.0 Å². The van der Waals surface area contributed by atoms with Crippen LogP contribution in [0, 0.1) is 0 Å². The largest absolute Gasteiger partial charge is 0.481 e. The van der Waals surface area contributed by atoms with E-state index in [1.807, 2.05) is 18.2 Å². The maximum atomic E-state index is 13.1. The van der Waals surface area contributed by atoms with Gasteiger partial charge in [0.2, 0.25) is 11.8 Å². The van der Waals surface area contributed by atoms with Crippen molar-refractivity contribution in [1.82, 2.24) is 15.5 Å². The highest BCUT2D eigenvalue weighted by atomic mass is 35.5. The van der Waals surface area contributed by atoms with Crippen molar-refractivity contribution in [2.24, 2.45) is 0 Å². The average Bonchev–Trinajstić information content (AvgIpc) is 3.15. The van der Waals surface area contributed by atoms with E-state index in [0.29, 0.717) is 10.0 Å². The lowest BCUT2D eigenvalue weighted by Crippen LogP contribution is -2.46. The number of likely N-dealkylation sites (N-methyl/N-ethyl adjacent to an activating group) is 1. The second-order valence-corrected chi connectivity index (χ2v) is 10.5. The van der Waals surface area contributed by atoms with Crippen LogP contribution in [-0.4, -0.2) is 66.6 Å². The highest BCUT2D eigenvalue weighted by Gasteiger charge is 2.23. The fourth-order valence-corrected chi connectivity index (χ4v) is 4.75. The number of nitrogens with zero attached hydrogens (tertiary/aromatic N) is 1. The highest BCUT2D eigenvalue weighted by Crippen LogP contribution is 2.28. The van der Waals surface area contributed by atoms with E-state index < -0.39 is 24.0 Å². The molecular formula is C25H31ClN4O6S. The van der Waals surface area contributed by atoms with E-state index in [0.717, 1.165) is 37.3 Å². The lowest BCUT2D eigenvalue weighted by atomic mass is 10.0. The van der Waals surface area contributed by atoms with E-state index in [2.05, 4.69) is 27.9 Å². The Morgan fingerprint density at radius 2 is 1.86 bits per heavy atom. The van der Waals surface area contributed by atoms with Gasteiger partial charge in [0.05, 0.1) is 4.34 Å². The molecule has 12 heteroatoms. The number of hydrogen-bond donors (Lipinski definition) is 4. The molecule has 0 saturated carbocycles. The molecular weight excluding hydrogens is 520 g/mol. The molecule has 3 rings (SSSR count).